The highest BCUT2D eigenvalue weighted by Gasteiger charge is 2.26. The summed E-state index contributed by atoms with van der Waals surface area (Å²) in [6.45, 7) is 2.24. The fourth-order valence-electron chi connectivity index (χ4n) is 4.31. The van der Waals surface area contributed by atoms with Crippen LogP contribution in [0.2, 0.25) is 5.02 Å². The maximum atomic E-state index is 13.5. The molecule has 0 spiro atoms. The number of hydrogen-bond donors (Lipinski definition) is 1. The smallest absolute Gasteiger partial charge is 0.337 e. The van der Waals surface area contributed by atoms with E-state index in [2.05, 4.69) is 5.32 Å². The number of rotatable bonds is 6. The number of amides is 1. The molecule has 0 aliphatic heterocycles. The zero-order chi connectivity index (χ0) is 23.8. The number of hydrogen-bond acceptors (Lipinski definition) is 5. The molecule has 2 aromatic carbocycles. The summed E-state index contributed by atoms with van der Waals surface area (Å²) < 4.78 is 7.97. The topological polar surface area (TPSA) is 82.3 Å². The van der Waals surface area contributed by atoms with E-state index in [9.17, 15) is 14.4 Å². The van der Waals surface area contributed by atoms with E-state index in [4.69, 9.17) is 16.3 Å². The lowest BCUT2D eigenvalue weighted by Gasteiger charge is -2.13. The number of ether oxygens (including phenoxy) is 1. The lowest BCUT2D eigenvalue weighted by atomic mass is 10.2. The second kappa shape index (κ2) is 9.12. The summed E-state index contributed by atoms with van der Waals surface area (Å²) in [7, 11) is 0. The standard InChI is InChI=1S/C25H22ClN3O4S/c1-2-33-18-12-8-16(9-13-18)27-21(30)14-28-24-22(19-4-3-5-20(19)34-24)23(31)29(25(28)32)17-10-6-15(26)7-11-17/h6-13H,2-5,14H2,1H3,(H,27,30). The average Bonchev–Trinajstić information content (AvgIpc) is 3.41. The minimum Gasteiger partial charge on any atom is -0.494 e. The Morgan fingerprint density at radius 3 is 2.53 bits per heavy atom. The van der Waals surface area contributed by atoms with E-state index in [0.717, 1.165) is 34.3 Å². The van der Waals surface area contributed by atoms with Crippen LogP contribution in [0.25, 0.3) is 15.9 Å². The molecule has 2 aromatic heterocycles. The summed E-state index contributed by atoms with van der Waals surface area (Å²) in [5.74, 6) is 0.351. The highest BCUT2D eigenvalue weighted by atomic mass is 35.5. The van der Waals surface area contributed by atoms with Gasteiger partial charge in [-0.2, -0.15) is 0 Å². The maximum Gasteiger partial charge on any atom is 0.337 e. The van der Waals surface area contributed by atoms with Crippen LogP contribution in [0.5, 0.6) is 5.75 Å². The van der Waals surface area contributed by atoms with Crippen LogP contribution >= 0.6 is 22.9 Å². The van der Waals surface area contributed by atoms with Gasteiger partial charge < -0.3 is 10.1 Å². The van der Waals surface area contributed by atoms with Crippen LogP contribution < -0.4 is 21.3 Å². The van der Waals surface area contributed by atoms with Crippen LogP contribution in [0.3, 0.4) is 0 Å². The molecule has 2 heterocycles. The van der Waals surface area contributed by atoms with Crippen LogP contribution in [-0.4, -0.2) is 21.6 Å². The molecular weight excluding hydrogens is 474 g/mol. The Morgan fingerprint density at radius 2 is 1.82 bits per heavy atom. The number of nitrogens with zero attached hydrogens (tertiary/aromatic N) is 2. The van der Waals surface area contributed by atoms with Crippen molar-refractivity contribution in [2.75, 3.05) is 11.9 Å². The van der Waals surface area contributed by atoms with E-state index in [0.29, 0.717) is 39.0 Å². The van der Waals surface area contributed by atoms with Crippen molar-refractivity contribution in [2.24, 2.45) is 0 Å². The molecule has 0 radical (unpaired) electrons. The molecule has 5 rings (SSSR count). The first kappa shape index (κ1) is 22.4. The van der Waals surface area contributed by atoms with Gasteiger partial charge in [0, 0.05) is 15.6 Å². The first-order chi connectivity index (χ1) is 16.5. The molecule has 4 aromatic rings. The summed E-state index contributed by atoms with van der Waals surface area (Å²) in [5, 5.41) is 3.86. The van der Waals surface area contributed by atoms with Crippen molar-refractivity contribution in [3.05, 3.63) is 84.8 Å². The average molecular weight is 496 g/mol. The van der Waals surface area contributed by atoms with Gasteiger partial charge in [-0.05, 0) is 80.3 Å². The molecule has 1 amide bonds. The van der Waals surface area contributed by atoms with E-state index in [1.807, 2.05) is 6.92 Å². The van der Waals surface area contributed by atoms with Gasteiger partial charge in [-0.3, -0.25) is 14.2 Å². The molecular formula is C25H22ClN3O4S. The molecule has 7 nitrogen and oxygen atoms in total. The Hall–Kier alpha value is -3.36. The number of aromatic nitrogens is 2. The quantitative estimate of drug-likeness (QED) is 0.430. The molecule has 0 bridgehead atoms. The number of anilines is 1. The summed E-state index contributed by atoms with van der Waals surface area (Å²) >= 11 is 7.44. The number of halogens is 1. The second-order valence-electron chi connectivity index (χ2n) is 8.03. The van der Waals surface area contributed by atoms with Crippen molar-refractivity contribution in [3.8, 4) is 11.4 Å². The van der Waals surface area contributed by atoms with Gasteiger partial charge in [0.05, 0.1) is 17.7 Å². The molecule has 0 saturated heterocycles. The third-order valence-electron chi connectivity index (χ3n) is 5.82. The summed E-state index contributed by atoms with van der Waals surface area (Å²) in [6.07, 6.45) is 2.65. The Labute approximate surface area is 204 Å². The van der Waals surface area contributed by atoms with Gasteiger partial charge in [0.1, 0.15) is 17.1 Å². The number of carbonyl (C=O) groups is 1. The van der Waals surface area contributed by atoms with Crippen LogP contribution in [0.1, 0.15) is 23.8 Å². The first-order valence-corrected chi connectivity index (χ1v) is 12.2. The van der Waals surface area contributed by atoms with Crippen LogP contribution in [-0.2, 0) is 24.2 Å². The SMILES string of the molecule is CCOc1ccc(NC(=O)Cn2c(=O)n(-c3ccc(Cl)cc3)c(=O)c3c4c(sc32)CCC4)cc1. The van der Waals surface area contributed by atoms with E-state index in [1.165, 1.54) is 15.9 Å². The number of nitrogens with one attached hydrogen (secondary N) is 1. The third-order valence-corrected chi connectivity index (χ3v) is 7.39. The molecule has 0 unspecified atom stereocenters. The van der Waals surface area contributed by atoms with Gasteiger partial charge in [0.2, 0.25) is 5.91 Å². The summed E-state index contributed by atoms with van der Waals surface area (Å²) in [6, 6.07) is 13.6. The van der Waals surface area contributed by atoms with Gasteiger partial charge in [-0.25, -0.2) is 9.36 Å². The summed E-state index contributed by atoms with van der Waals surface area (Å²) in [4.78, 5) is 41.6. The lowest BCUT2D eigenvalue weighted by Crippen LogP contribution is -2.40. The maximum absolute atomic E-state index is 13.5. The van der Waals surface area contributed by atoms with Crippen molar-refractivity contribution >= 4 is 44.7 Å². The van der Waals surface area contributed by atoms with Crippen molar-refractivity contribution in [1.82, 2.24) is 9.13 Å². The molecule has 174 valence electrons. The summed E-state index contributed by atoms with van der Waals surface area (Å²) in [5.41, 5.74) is 1.09. The first-order valence-electron chi connectivity index (χ1n) is 11.0. The largest absolute Gasteiger partial charge is 0.494 e. The minimum absolute atomic E-state index is 0.212. The predicted octanol–water partition coefficient (Wildman–Crippen LogP) is 4.39. The Morgan fingerprint density at radius 1 is 1.09 bits per heavy atom. The predicted molar refractivity (Wildman–Crippen MR) is 135 cm³/mol. The van der Waals surface area contributed by atoms with Gasteiger partial charge in [-0.15, -0.1) is 11.3 Å². The fraction of sp³-hybridized carbons (Fsp3) is 0.240. The number of carbonyl (C=O) groups excluding carboxylic acids is 1. The van der Waals surface area contributed by atoms with Gasteiger partial charge in [0.25, 0.3) is 5.56 Å². The molecule has 0 atom stereocenters. The molecule has 1 aliphatic carbocycles. The molecule has 1 aliphatic rings. The number of thiophene rings is 1. The van der Waals surface area contributed by atoms with Gasteiger partial charge in [0.15, 0.2) is 0 Å². The molecule has 9 heteroatoms. The fourth-order valence-corrected chi connectivity index (χ4v) is 5.81. The van der Waals surface area contributed by atoms with Gasteiger partial charge >= 0.3 is 5.69 Å². The van der Waals surface area contributed by atoms with E-state index < -0.39 is 5.69 Å². The second-order valence-corrected chi connectivity index (χ2v) is 9.55. The molecule has 34 heavy (non-hydrogen) atoms. The molecule has 0 fully saturated rings. The van der Waals surface area contributed by atoms with Crippen LogP contribution in [0, 0.1) is 0 Å². The van der Waals surface area contributed by atoms with Crippen LogP contribution in [0.15, 0.2) is 58.1 Å². The molecule has 1 N–H and O–H groups in total. The van der Waals surface area contributed by atoms with E-state index >= 15 is 0 Å². The number of fused-ring (bicyclic) bond motifs is 3. The Bertz CT molecular complexity index is 1500. The van der Waals surface area contributed by atoms with Crippen molar-refractivity contribution in [2.45, 2.75) is 32.7 Å². The zero-order valence-corrected chi connectivity index (χ0v) is 20.0. The number of aryl methyl sites for hydroxylation is 2. The highest BCUT2D eigenvalue weighted by molar-refractivity contribution is 7.19. The number of benzene rings is 2. The normalized spacial score (nSPS) is 12.6. The van der Waals surface area contributed by atoms with E-state index in [1.54, 1.807) is 48.5 Å². The monoisotopic (exact) mass is 495 g/mol. The third kappa shape index (κ3) is 4.03. The van der Waals surface area contributed by atoms with Crippen molar-refractivity contribution in [1.29, 1.82) is 0 Å². The minimum atomic E-state index is -0.554. The highest BCUT2D eigenvalue weighted by Crippen LogP contribution is 2.35. The Kier molecular flexibility index (Phi) is 6.02. The molecule has 0 saturated carbocycles. The van der Waals surface area contributed by atoms with E-state index in [-0.39, 0.29) is 18.0 Å². The zero-order valence-electron chi connectivity index (χ0n) is 18.5. The Balaban J connectivity index is 1.57. The lowest BCUT2D eigenvalue weighted by molar-refractivity contribution is -0.116. The van der Waals surface area contributed by atoms with Crippen molar-refractivity contribution < 1.29 is 9.53 Å². The van der Waals surface area contributed by atoms with Gasteiger partial charge in [-0.1, -0.05) is 11.6 Å². The van der Waals surface area contributed by atoms with Crippen molar-refractivity contribution in [3.63, 3.8) is 0 Å². The van der Waals surface area contributed by atoms with Crippen LogP contribution in [0.4, 0.5) is 5.69 Å².